The first kappa shape index (κ1) is 14.2. The van der Waals surface area contributed by atoms with E-state index in [1.165, 1.54) is 7.11 Å². The number of methoxy groups -OCH3 is 1. The Bertz CT molecular complexity index is 472. The van der Waals surface area contributed by atoms with E-state index < -0.39 is 5.97 Å². The molecule has 0 spiro atoms. The van der Waals surface area contributed by atoms with Crippen LogP contribution in [0.4, 0.5) is 5.69 Å². The van der Waals surface area contributed by atoms with Crippen molar-refractivity contribution in [3.05, 3.63) is 42.0 Å². The number of carbonyl (C=O) groups is 1. The van der Waals surface area contributed by atoms with Crippen molar-refractivity contribution in [3.63, 3.8) is 0 Å². The maximum atomic E-state index is 11.5. The minimum atomic E-state index is -0.402. The van der Waals surface area contributed by atoms with Crippen molar-refractivity contribution in [3.8, 4) is 0 Å². The van der Waals surface area contributed by atoms with Gasteiger partial charge in [-0.25, -0.2) is 4.79 Å². The number of hydrogen-bond acceptors (Lipinski definition) is 3. The second-order valence-electron chi connectivity index (χ2n) is 3.80. The molecule has 2 N–H and O–H groups in total. The molecule has 0 heterocycles. The predicted molar refractivity (Wildman–Crippen MR) is 76.8 cm³/mol. The molecule has 0 bridgehead atoms. The van der Waals surface area contributed by atoms with E-state index in [9.17, 15) is 4.79 Å². The van der Waals surface area contributed by atoms with E-state index in [-0.39, 0.29) is 0 Å². The van der Waals surface area contributed by atoms with E-state index in [0.717, 1.165) is 5.57 Å². The third-order valence-electron chi connectivity index (χ3n) is 2.13. The van der Waals surface area contributed by atoms with Gasteiger partial charge in [0, 0.05) is 6.54 Å². The highest BCUT2D eigenvalue weighted by atomic mass is 32.1. The van der Waals surface area contributed by atoms with Crippen LogP contribution in [0.1, 0.15) is 17.3 Å². The standard InChI is InChI=1S/C13H16N2O2S/c1-9(2)8-14-13(18)15-11-7-5-4-6-10(11)12(16)17-3/h4-7H,1,8H2,2-3H3,(H2,14,15,18). The Morgan fingerprint density at radius 2 is 2.11 bits per heavy atom. The SMILES string of the molecule is C=C(C)CNC(=S)Nc1ccccc1C(=O)OC. The third kappa shape index (κ3) is 4.18. The molecule has 0 saturated heterocycles. The fourth-order valence-electron chi connectivity index (χ4n) is 1.28. The van der Waals surface area contributed by atoms with Gasteiger partial charge in [-0.3, -0.25) is 0 Å². The summed E-state index contributed by atoms with van der Waals surface area (Å²) in [7, 11) is 1.34. The number of nitrogens with one attached hydrogen (secondary N) is 2. The van der Waals surface area contributed by atoms with E-state index in [0.29, 0.717) is 22.9 Å². The monoisotopic (exact) mass is 264 g/mol. The van der Waals surface area contributed by atoms with Crippen LogP contribution in [0, 0.1) is 0 Å². The average molecular weight is 264 g/mol. The maximum Gasteiger partial charge on any atom is 0.339 e. The van der Waals surface area contributed by atoms with Gasteiger partial charge in [0.1, 0.15) is 0 Å². The summed E-state index contributed by atoms with van der Waals surface area (Å²) in [5, 5.41) is 6.38. The van der Waals surface area contributed by atoms with Crippen molar-refractivity contribution in [2.24, 2.45) is 0 Å². The van der Waals surface area contributed by atoms with Crippen LogP contribution in [0.25, 0.3) is 0 Å². The highest BCUT2D eigenvalue weighted by molar-refractivity contribution is 7.80. The Morgan fingerprint density at radius 3 is 2.72 bits per heavy atom. The minimum absolute atomic E-state index is 0.402. The lowest BCUT2D eigenvalue weighted by molar-refractivity contribution is 0.0602. The summed E-state index contributed by atoms with van der Waals surface area (Å²) in [6.45, 7) is 6.26. The molecule has 0 unspecified atom stereocenters. The van der Waals surface area contributed by atoms with E-state index >= 15 is 0 Å². The largest absolute Gasteiger partial charge is 0.465 e. The molecule has 0 aromatic heterocycles. The van der Waals surface area contributed by atoms with Gasteiger partial charge < -0.3 is 15.4 Å². The number of para-hydroxylation sites is 1. The van der Waals surface area contributed by atoms with Crippen molar-refractivity contribution >= 4 is 29.0 Å². The fourth-order valence-corrected chi connectivity index (χ4v) is 1.46. The summed E-state index contributed by atoms with van der Waals surface area (Å²) < 4.78 is 4.70. The van der Waals surface area contributed by atoms with Gasteiger partial charge in [0.25, 0.3) is 0 Å². The Hall–Kier alpha value is -1.88. The molecule has 4 nitrogen and oxygen atoms in total. The Kier molecular flexibility index (Phi) is 5.32. The lowest BCUT2D eigenvalue weighted by Crippen LogP contribution is -2.30. The van der Waals surface area contributed by atoms with Crippen LogP contribution in [-0.2, 0) is 4.74 Å². The van der Waals surface area contributed by atoms with Crippen LogP contribution < -0.4 is 10.6 Å². The molecule has 1 aromatic carbocycles. The zero-order chi connectivity index (χ0) is 13.5. The number of carbonyl (C=O) groups excluding carboxylic acids is 1. The van der Waals surface area contributed by atoms with E-state index in [2.05, 4.69) is 17.2 Å². The molecule has 0 aliphatic heterocycles. The number of rotatable bonds is 4. The van der Waals surface area contributed by atoms with E-state index in [1.54, 1.807) is 18.2 Å². The summed E-state index contributed by atoms with van der Waals surface area (Å²) >= 11 is 5.12. The van der Waals surface area contributed by atoms with Crippen molar-refractivity contribution in [2.45, 2.75) is 6.92 Å². The Balaban J connectivity index is 2.75. The van der Waals surface area contributed by atoms with Gasteiger partial charge in [-0.05, 0) is 31.3 Å². The highest BCUT2D eigenvalue weighted by Gasteiger charge is 2.11. The number of benzene rings is 1. The minimum Gasteiger partial charge on any atom is -0.465 e. The molecule has 1 rings (SSSR count). The second-order valence-corrected chi connectivity index (χ2v) is 4.21. The number of esters is 1. The van der Waals surface area contributed by atoms with Gasteiger partial charge in [-0.15, -0.1) is 0 Å². The molecule has 0 fully saturated rings. The molecule has 5 heteroatoms. The molecule has 0 aliphatic rings. The summed E-state index contributed by atoms with van der Waals surface area (Å²) in [4.78, 5) is 11.5. The van der Waals surface area contributed by atoms with E-state index in [4.69, 9.17) is 17.0 Å². The highest BCUT2D eigenvalue weighted by Crippen LogP contribution is 2.15. The van der Waals surface area contributed by atoms with Gasteiger partial charge >= 0.3 is 5.97 Å². The van der Waals surface area contributed by atoms with Crippen molar-refractivity contribution < 1.29 is 9.53 Å². The third-order valence-corrected chi connectivity index (χ3v) is 2.38. The zero-order valence-corrected chi connectivity index (χ0v) is 11.3. The zero-order valence-electron chi connectivity index (χ0n) is 10.4. The van der Waals surface area contributed by atoms with Crippen molar-refractivity contribution in [1.29, 1.82) is 0 Å². The normalized spacial score (nSPS) is 9.44. The van der Waals surface area contributed by atoms with Gasteiger partial charge in [0.05, 0.1) is 18.4 Å². The van der Waals surface area contributed by atoms with Gasteiger partial charge in [0.15, 0.2) is 5.11 Å². The molecule has 96 valence electrons. The van der Waals surface area contributed by atoms with Crippen LogP contribution in [0.15, 0.2) is 36.4 Å². The first-order valence-corrected chi connectivity index (χ1v) is 5.82. The molecule has 18 heavy (non-hydrogen) atoms. The summed E-state index contributed by atoms with van der Waals surface area (Å²) in [6.07, 6.45) is 0. The molecule has 0 saturated carbocycles. The summed E-state index contributed by atoms with van der Waals surface area (Å²) in [5.74, 6) is -0.402. The van der Waals surface area contributed by atoms with Gasteiger partial charge in [-0.1, -0.05) is 24.3 Å². The smallest absolute Gasteiger partial charge is 0.339 e. The van der Waals surface area contributed by atoms with Crippen LogP contribution in [0.2, 0.25) is 0 Å². The van der Waals surface area contributed by atoms with Gasteiger partial charge in [-0.2, -0.15) is 0 Å². The predicted octanol–water partition coefficient (Wildman–Crippen LogP) is 2.34. The molecular formula is C13H16N2O2S. The summed E-state index contributed by atoms with van der Waals surface area (Å²) in [6, 6.07) is 7.02. The Morgan fingerprint density at radius 1 is 1.44 bits per heavy atom. The lowest BCUT2D eigenvalue weighted by atomic mass is 10.2. The maximum absolute atomic E-state index is 11.5. The van der Waals surface area contributed by atoms with Crippen LogP contribution in [0.3, 0.4) is 0 Å². The Labute approximate surface area is 112 Å². The first-order chi connectivity index (χ1) is 8.54. The van der Waals surface area contributed by atoms with Crippen LogP contribution in [-0.4, -0.2) is 24.7 Å². The van der Waals surface area contributed by atoms with Crippen molar-refractivity contribution in [1.82, 2.24) is 5.32 Å². The molecule has 0 amide bonds. The van der Waals surface area contributed by atoms with Crippen LogP contribution in [0.5, 0.6) is 0 Å². The molecule has 0 radical (unpaired) electrons. The lowest BCUT2D eigenvalue weighted by Gasteiger charge is -2.12. The number of hydrogen-bond donors (Lipinski definition) is 2. The number of ether oxygens (including phenoxy) is 1. The quantitative estimate of drug-likeness (QED) is 0.496. The fraction of sp³-hybridized carbons (Fsp3) is 0.231. The van der Waals surface area contributed by atoms with Crippen LogP contribution >= 0.6 is 12.2 Å². The number of anilines is 1. The molecule has 1 aromatic rings. The molecule has 0 atom stereocenters. The second kappa shape index (κ2) is 6.76. The average Bonchev–Trinajstić information content (AvgIpc) is 2.36. The number of thiocarbonyl (C=S) groups is 1. The first-order valence-electron chi connectivity index (χ1n) is 5.41. The van der Waals surface area contributed by atoms with Gasteiger partial charge in [0.2, 0.25) is 0 Å². The van der Waals surface area contributed by atoms with Crippen molar-refractivity contribution in [2.75, 3.05) is 19.0 Å². The van der Waals surface area contributed by atoms with E-state index in [1.807, 2.05) is 13.0 Å². The molecule has 0 aliphatic carbocycles. The topological polar surface area (TPSA) is 50.4 Å². The summed E-state index contributed by atoms with van der Waals surface area (Å²) in [5.41, 5.74) is 2.03. The molecular weight excluding hydrogens is 248 g/mol.